The Morgan fingerprint density at radius 1 is 0.814 bits per heavy atom. The number of aromatic nitrogens is 3. The summed E-state index contributed by atoms with van der Waals surface area (Å²) in [5.74, 6) is 0. The summed E-state index contributed by atoms with van der Waals surface area (Å²) in [5.41, 5.74) is 9.81. The molecule has 214 valence electrons. The molecule has 0 atom stereocenters. The molecule has 0 amide bonds. The predicted octanol–water partition coefficient (Wildman–Crippen LogP) is 7.22. The minimum Gasteiger partial charge on any atom is -0.510 e. The molecule has 4 aromatic carbocycles. The number of anilines is 4. The Balaban J connectivity index is 0.00000300. The Labute approximate surface area is 266 Å². The molecule has 0 aliphatic carbocycles. The molecule has 0 saturated heterocycles. The van der Waals surface area contributed by atoms with E-state index in [1.165, 1.54) is 27.4 Å². The first-order valence-corrected chi connectivity index (χ1v) is 14.2. The van der Waals surface area contributed by atoms with E-state index in [0.29, 0.717) is 0 Å². The van der Waals surface area contributed by atoms with Gasteiger partial charge >= 0.3 is 21.1 Å². The zero-order valence-electron chi connectivity index (χ0n) is 24.7. The van der Waals surface area contributed by atoms with E-state index in [4.69, 9.17) is 0 Å². The average molecular weight is 743 g/mol. The van der Waals surface area contributed by atoms with Crippen molar-refractivity contribution in [2.24, 2.45) is 7.05 Å². The third-order valence-corrected chi connectivity index (χ3v) is 8.24. The Kier molecular flexibility index (Phi) is 6.33. The van der Waals surface area contributed by atoms with E-state index in [9.17, 15) is 0 Å². The molecule has 2 aliphatic heterocycles. The van der Waals surface area contributed by atoms with Crippen LogP contribution in [-0.4, -0.2) is 21.1 Å². The van der Waals surface area contributed by atoms with Gasteiger partial charge in [-0.3, -0.25) is 0 Å². The minimum atomic E-state index is 0. The maximum absolute atomic E-state index is 3.80. The van der Waals surface area contributed by atoms with Crippen molar-refractivity contribution < 1.29 is 25.6 Å². The van der Waals surface area contributed by atoms with Gasteiger partial charge in [0, 0.05) is 28.7 Å². The predicted molar refractivity (Wildman–Crippen MR) is 168 cm³/mol. The van der Waals surface area contributed by atoms with Crippen LogP contribution in [0.4, 0.5) is 22.7 Å². The molecule has 6 aromatic rings. The molecule has 0 radical (unpaired) electrons. The van der Waals surface area contributed by atoms with Crippen molar-refractivity contribution in [1.29, 1.82) is 0 Å². The minimum absolute atomic E-state index is 0. The zero-order chi connectivity index (χ0) is 28.7. The van der Waals surface area contributed by atoms with E-state index in [1.807, 2.05) is 46.7 Å². The molecular formula is C36H31N6Pt+. The molecule has 0 unspecified atom stereocenters. The van der Waals surface area contributed by atoms with Crippen molar-refractivity contribution in [3.8, 4) is 11.4 Å². The normalized spacial score (nSPS) is 14.1. The second-order valence-corrected chi connectivity index (χ2v) is 12.2. The number of hydrogen-bond acceptors (Lipinski definition) is 3. The monoisotopic (exact) mass is 742 g/mol. The first kappa shape index (κ1) is 27.5. The molecule has 0 N–H and O–H groups in total. The third-order valence-electron chi connectivity index (χ3n) is 8.24. The molecule has 7 heteroatoms. The first-order valence-electron chi connectivity index (χ1n) is 14.2. The second-order valence-electron chi connectivity index (χ2n) is 12.2. The van der Waals surface area contributed by atoms with E-state index in [2.05, 4.69) is 133 Å². The van der Waals surface area contributed by atoms with Gasteiger partial charge in [0.1, 0.15) is 0 Å². The summed E-state index contributed by atoms with van der Waals surface area (Å²) < 4.78 is 6.30. The number of imidazole rings is 1. The van der Waals surface area contributed by atoms with Crippen LogP contribution < -0.4 is 14.4 Å². The summed E-state index contributed by atoms with van der Waals surface area (Å²) in [5, 5.41) is 2.51. The van der Waals surface area contributed by atoms with Crippen molar-refractivity contribution in [2.75, 3.05) is 16.8 Å². The molecular weight excluding hydrogens is 712 g/mol. The van der Waals surface area contributed by atoms with Crippen LogP contribution >= 0.6 is 0 Å². The summed E-state index contributed by atoms with van der Waals surface area (Å²) in [6.07, 6.45) is 11.4. The maximum Gasteiger partial charge on any atom is 4.00 e. The van der Waals surface area contributed by atoms with E-state index in [0.717, 1.165) is 34.1 Å². The van der Waals surface area contributed by atoms with Gasteiger partial charge < -0.3 is 28.4 Å². The standard InChI is InChI=1S/C36H31N6.Pt/c1-36(2,3)25-12-14-31-30(20-25)29-10-7-11-33-35(29)42(31)32-15-13-27(40-19-17-38(5)24-40)22-34(32)41(33)28-9-6-8-26(21-28)39-18-16-37(4)23-39;/h6-20,24H,1-5H3;/q-3;+4. The van der Waals surface area contributed by atoms with Gasteiger partial charge in [-0.25, -0.2) is 0 Å². The molecule has 0 saturated carbocycles. The van der Waals surface area contributed by atoms with Gasteiger partial charge in [-0.05, 0) is 60.0 Å². The number of aryl methyl sites for hydroxylation is 1. The summed E-state index contributed by atoms with van der Waals surface area (Å²) in [7, 11) is 4.01. The van der Waals surface area contributed by atoms with Crippen LogP contribution in [0.5, 0.6) is 0 Å². The molecule has 0 fully saturated rings. The Morgan fingerprint density at radius 2 is 1.63 bits per heavy atom. The Morgan fingerprint density at radius 3 is 2.37 bits per heavy atom. The van der Waals surface area contributed by atoms with Gasteiger partial charge in [0.2, 0.25) is 6.33 Å². The number of fused-ring (bicyclic) bond motifs is 5. The molecule has 0 spiro atoms. The number of benzene rings is 4. The summed E-state index contributed by atoms with van der Waals surface area (Å²) in [6, 6.07) is 31.7. The molecule has 6 nitrogen and oxygen atoms in total. The molecule has 2 aromatic heterocycles. The fourth-order valence-electron chi connectivity index (χ4n) is 6.13. The largest absolute Gasteiger partial charge is 4.00 e. The maximum atomic E-state index is 3.80. The fourth-order valence-corrected chi connectivity index (χ4v) is 6.13. The number of nitrogens with zero attached hydrogens (tertiary/aromatic N) is 6. The van der Waals surface area contributed by atoms with Crippen molar-refractivity contribution >= 4 is 44.6 Å². The van der Waals surface area contributed by atoms with Gasteiger partial charge in [-0.1, -0.05) is 50.3 Å². The van der Waals surface area contributed by atoms with Crippen LogP contribution in [0, 0.1) is 25.1 Å². The summed E-state index contributed by atoms with van der Waals surface area (Å²) in [6.45, 7) is 8.88. The molecule has 4 heterocycles. The van der Waals surface area contributed by atoms with E-state index < -0.39 is 0 Å². The van der Waals surface area contributed by atoms with Crippen LogP contribution in [0.25, 0.3) is 33.2 Å². The summed E-state index contributed by atoms with van der Waals surface area (Å²) in [4.78, 5) is 6.45. The first-order chi connectivity index (χ1) is 20.3. The summed E-state index contributed by atoms with van der Waals surface area (Å²) >= 11 is 0. The fraction of sp³-hybridized carbons (Fsp3) is 0.167. The topological polar surface area (TPSA) is 23.5 Å². The van der Waals surface area contributed by atoms with E-state index in [-0.39, 0.29) is 26.5 Å². The van der Waals surface area contributed by atoms with Crippen LogP contribution in [0.3, 0.4) is 0 Å². The number of para-hydroxylation sites is 1. The Bertz CT molecular complexity index is 2060. The zero-order valence-corrected chi connectivity index (χ0v) is 27.0. The smallest absolute Gasteiger partial charge is 0.510 e. The molecule has 2 aliphatic rings. The second kappa shape index (κ2) is 9.89. The number of rotatable bonds is 3. The average Bonchev–Trinajstić information content (AvgIpc) is 3.70. The molecule has 8 rings (SSSR count). The van der Waals surface area contributed by atoms with Gasteiger partial charge in [-0.2, -0.15) is 24.9 Å². The van der Waals surface area contributed by atoms with Crippen LogP contribution in [0.15, 0.2) is 91.5 Å². The quantitative estimate of drug-likeness (QED) is 0.141. The van der Waals surface area contributed by atoms with Gasteiger partial charge in [0.05, 0.1) is 18.3 Å². The molecule has 0 bridgehead atoms. The van der Waals surface area contributed by atoms with Crippen molar-refractivity contribution in [1.82, 2.24) is 14.0 Å². The van der Waals surface area contributed by atoms with Crippen molar-refractivity contribution in [2.45, 2.75) is 26.2 Å². The number of hydrogen-bond donors (Lipinski definition) is 0. The van der Waals surface area contributed by atoms with E-state index >= 15 is 0 Å². The Hall–Kier alpha value is -4.28. The SMILES string of the molecule is CN1C=CN(c2[c-]c3c(cc2)-n2c4ccc(C(C)(C)C)cc4c4cccc(c42)N3c2[c-]c(-n3[c-][n+](C)cc3)ccc2)[CH-]1.[Pt+4]. The van der Waals surface area contributed by atoms with Crippen molar-refractivity contribution in [3.63, 3.8) is 0 Å². The van der Waals surface area contributed by atoms with Gasteiger partial charge in [-0.15, -0.1) is 30.0 Å². The van der Waals surface area contributed by atoms with Crippen LogP contribution in [0.1, 0.15) is 26.3 Å². The van der Waals surface area contributed by atoms with Crippen LogP contribution in [-0.2, 0) is 33.5 Å². The third kappa shape index (κ3) is 4.31. The van der Waals surface area contributed by atoms with Crippen LogP contribution in [0.2, 0.25) is 0 Å². The van der Waals surface area contributed by atoms with Gasteiger partial charge in [0.15, 0.2) is 0 Å². The van der Waals surface area contributed by atoms with Gasteiger partial charge in [0.25, 0.3) is 0 Å². The van der Waals surface area contributed by atoms with Crippen molar-refractivity contribution in [3.05, 3.63) is 122 Å². The molecule has 43 heavy (non-hydrogen) atoms. The van der Waals surface area contributed by atoms with E-state index in [1.54, 1.807) is 0 Å².